The summed E-state index contributed by atoms with van der Waals surface area (Å²) in [4.78, 5) is 27.1. The first-order valence-corrected chi connectivity index (χ1v) is 9.10. The van der Waals surface area contributed by atoms with Crippen LogP contribution in [-0.4, -0.2) is 48.0 Å². The molecule has 2 N–H and O–H groups in total. The number of nitrogens with zero attached hydrogens (tertiary/aromatic N) is 3. The lowest BCUT2D eigenvalue weighted by molar-refractivity contribution is -0.384. The molecule has 0 radical (unpaired) electrons. The molecule has 1 unspecified atom stereocenters. The Hall–Kier alpha value is -2.64. The van der Waals surface area contributed by atoms with Crippen LogP contribution in [0.5, 0.6) is 0 Å². The molecule has 1 heterocycles. The Bertz CT molecular complexity index is 820. The highest BCUT2D eigenvalue weighted by atomic mass is 35.5. The van der Waals surface area contributed by atoms with Gasteiger partial charge in [0, 0.05) is 37.3 Å². The van der Waals surface area contributed by atoms with Gasteiger partial charge in [-0.25, -0.2) is 0 Å². The number of carbonyl (C=O) groups is 1. The lowest BCUT2D eigenvalue weighted by Crippen LogP contribution is -2.53. The highest BCUT2D eigenvalue weighted by Crippen LogP contribution is 2.28. The van der Waals surface area contributed by atoms with Crippen LogP contribution < -0.4 is 10.6 Å². The van der Waals surface area contributed by atoms with Crippen molar-refractivity contribution < 1.29 is 9.72 Å². The second-order valence-corrected chi connectivity index (χ2v) is 6.93. The summed E-state index contributed by atoms with van der Waals surface area (Å²) >= 11 is 5.87. The van der Waals surface area contributed by atoms with Crippen LogP contribution in [0.3, 0.4) is 0 Å². The molecular weight excluding hydrogens is 368 g/mol. The number of nitro benzene ring substituents is 1. The summed E-state index contributed by atoms with van der Waals surface area (Å²) in [5, 5.41) is 11.9. The number of halogens is 1. The molecule has 7 nitrogen and oxygen atoms in total. The van der Waals surface area contributed by atoms with Crippen LogP contribution in [0.1, 0.15) is 5.56 Å². The van der Waals surface area contributed by atoms with Crippen molar-refractivity contribution in [3.63, 3.8) is 0 Å². The van der Waals surface area contributed by atoms with Gasteiger partial charge in [0.15, 0.2) is 0 Å². The van der Waals surface area contributed by atoms with Crippen LogP contribution in [0.25, 0.3) is 0 Å². The Labute approximate surface area is 162 Å². The smallest absolute Gasteiger partial charge is 0.292 e. The first-order chi connectivity index (χ1) is 13.0. The number of hydrogen-bond acceptors (Lipinski definition) is 5. The van der Waals surface area contributed by atoms with Gasteiger partial charge in [-0.15, -0.1) is 0 Å². The van der Waals surface area contributed by atoms with E-state index in [4.69, 9.17) is 17.3 Å². The molecular formula is C19H21ClN4O3. The molecule has 3 rings (SSSR count). The first-order valence-electron chi connectivity index (χ1n) is 8.73. The van der Waals surface area contributed by atoms with Crippen LogP contribution in [0.2, 0.25) is 5.02 Å². The molecule has 0 aromatic heterocycles. The standard InChI is InChI=1S/C19H21ClN4O3/c20-15-7-5-14(6-8-15)13-16(21)19(25)23-11-9-22(10-12-23)17-3-1-2-4-18(17)24(26)27/h1-8,16H,9-13,21H2. The molecule has 2 aromatic carbocycles. The summed E-state index contributed by atoms with van der Waals surface area (Å²) in [6, 6.07) is 13.3. The minimum atomic E-state index is -0.621. The van der Waals surface area contributed by atoms with Gasteiger partial charge in [-0.05, 0) is 30.2 Å². The number of para-hydroxylation sites is 2. The van der Waals surface area contributed by atoms with Crippen LogP contribution in [0.15, 0.2) is 48.5 Å². The predicted octanol–water partition coefficient (Wildman–Crippen LogP) is 2.47. The number of amides is 1. The molecule has 1 fully saturated rings. The Morgan fingerprint density at radius 1 is 1.11 bits per heavy atom. The first kappa shape index (κ1) is 19.1. The minimum Gasteiger partial charge on any atom is -0.362 e. The molecule has 0 saturated carbocycles. The van der Waals surface area contributed by atoms with E-state index < -0.39 is 6.04 Å². The average Bonchev–Trinajstić information content (AvgIpc) is 2.69. The van der Waals surface area contributed by atoms with E-state index in [1.807, 2.05) is 17.0 Å². The Kier molecular flexibility index (Phi) is 5.93. The fourth-order valence-electron chi connectivity index (χ4n) is 3.25. The van der Waals surface area contributed by atoms with Gasteiger partial charge >= 0.3 is 0 Å². The van der Waals surface area contributed by atoms with E-state index in [1.54, 1.807) is 35.2 Å². The lowest BCUT2D eigenvalue weighted by atomic mass is 10.1. The average molecular weight is 389 g/mol. The summed E-state index contributed by atoms with van der Waals surface area (Å²) < 4.78 is 0. The van der Waals surface area contributed by atoms with E-state index in [1.165, 1.54) is 6.07 Å². The predicted molar refractivity (Wildman–Crippen MR) is 105 cm³/mol. The molecule has 1 aliphatic heterocycles. The number of rotatable bonds is 5. The molecule has 27 heavy (non-hydrogen) atoms. The number of carbonyl (C=O) groups excluding carboxylic acids is 1. The maximum atomic E-state index is 12.6. The van der Waals surface area contributed by atoms with Crippen molar-refractivity contribution in [1.82, 2.24) is 4.90 Å². The van der Waals surface area contributed by atoms with Gasteiger partial charge in [0.05, 0.1) is 11.0 Å². The number of nitrogens with two attached hydrogens (primary N) is 1. The minimum absolute atomic E-state index is 0.0803. The molecule has 1 amide bonds. The monoisotopic (exact) mass is 388 g/mol. The second-order valence-electron chi connectivity index (χ2n) is 6.50. The Balaban J connectivity index is 1.59. The number of benzene rings is 2. The molecule has 1 saturated heterocycles. The molecule has 142 valence electrons. The summed E-state index contributed by atoms with van der Waals surface area (Å²) in [7, 11) is 0. The molecule has 1 aliphatic rings. The SMILES string of the molecule is NC(Cc1ccc(Cl)cc1)C(=O)N1CCN(c2ccccc2[N+](=O)[O-])CC1. The summed E-state index contributed by atoms with van der Waals surface area (Å²) in [5.74, 6) is -0.104. The molecule has 0 aliphatic carbocycles. The maximum Gasteiger partial charge on any atom is 0.292 e. The van der Waals surface area contributed by atoms with Gasteiger partial charge < -0.3 is 15.5 Å². The maximum absolute atomic E-state index is 12.6. The summed E-state index contributed by atoms with van der Waals surface area (Å²) in [6.07, 6.45) is 0.445. The lowest BCUT2D eigenvalue weighted by Gasteiger charge is -2.36. The summed E-state index contributed by atoms with van der Waals surface area (Å²) in [6.45, 7) is 2.03. The van der Waals surface area contributed by atoms with Crippen molar-refractivity contribution in [2.75, 3.05) is 31.1 Å². The van der Waals surface area contributed by atoms with Crippen molar-refractivity contribution in [2.24, 2.45) is 5.73 Å². The van der Waals surface area contributed by atoms with Gasteiger partial charge in [0.1, 0.15) is 5.69 Å². The third-order valence-electron chi connectivity index (χ3n) is 4.70. The van der Waals surface area contributed by atoms with E-state index in [0.717, 1.165) is 5.56 Å². The van der Waals surface area contributed by atoms with Crippen molar-refractivity contribution in [2.45, 2.75) is 12.5 Å². The number of nitro groups is 1. The zero-order chi connectivity index (χ0) is 19.4. The van der Waals surface area contributed by atoms with E-state index >= 15 is 0 Å². The summed E-state index contributed by atoms with van der Waals surface area (Å²) in [5.41, 5.74) is 7.72. The van der Waals surface area contributed by atoms with Gasteiger partial charge in [-0.2, -0.15) is 0 Å². The normalized spacial score (nSPS) is 15.5. The molecule has 1 atom stereocenters. The molecule has 2 aromatic rings. The fourth-order valence-corrected chi connectivity index (χ4v) is 3.38. The van der Waals surface area contributed by atoms with Crippen LogP contribution in [0, 0.1) is 10.1 Å². The van der Waals surface area contributed by atoms with Gasteiger partial charge in [-0.1, -0.05) is 35.9 Å². The highest BCUT2D eigenvalue weighted by molar-refractivity contribution is 6.30. The topological polar surface area (TPSA) is 92.7 Å². The van der Waals surface area contributed by atoms with Crippen molar-refractivity contribution in [3.8, 4) is 0 Å². The van der Waals surface area contributed by atoms with Crippen LogP contribution in [0.4, 0.5) is 11.4 Å². The zero-order valence-electron chi connectivity index (χ0n) is 14.8. The zero-order valence-corrected chi connectivity index (χ0v) is 15.5. The van der Waals surface area contributed by atoms with Crippen LogP contribution in [-0.2, 0) is 11.2 Å². The Morgan fingerprint density at radius 2 is 1.74 bits per heavy atom. The number of hydrogen-bond donors (Lipinski definition) is 1. The molecule has 0 spiro atoms. The van der Waals surface area contributed by atoms with E-state index in [0.29, 0.717) is 43.3 Å². The van der Waals surface area contributed by atoms with E-state index in [-0.39, 0.29) is 16.5 Å². The third-order valence-corrected chi connectivity index (χ3v) is 4.95. The highest BCUT2D eigenvalue weighted by Gasteiger charge is 2.27. The van der Waals surface area contributed by atoms with Gasteiger partial charge in [0.2, 0.25) is 5.91 Å². The molecule has 0 bridgehead atoms. The van der Waals surface area contributed by atoms with Crippen molar-refractivity contribution in [1.29, 1.82) is 0 Å². The number of anilines is 1. The largest absolute Gasteiger partial charge is 0.362 e. The van der Waals surface area contributed by atoms with E-state index in [2.05, 4.69) is 0 Å². The molecule has 8 heteroatoms. The second kappa shape index (κ2) is 8.37. The van der Waals surface area contributed by atoms with Crippen molar-refractivity contribution in [3.05, 3.63) is 69.2 Å². The van der Waals surface area contributed by atoms with Gasteiger partial charge in [0.25, 0.3) is 5.69 Å². The fraction of sp³-hybridized carbons (Fsp3) is 0.316. The van der Waals surface area contributed by atoms with Gasteiger partial charge in [-0.3, -0.25) is 14.9 Å². The van der Waals surface area contributed by atoms with Crippen molar-refractivity contribution >= 4 is 28.9 Å². The third kappa shape index (κ3) is 4.56. The quantitative estimate of drug-likeness (QED) is 0.627. The number of piperazine rings is 1. The van der Waals surface area contributed by atoms with E-state index in [9.17, 15) is 14.9 Å². The Morgan fingerprint density at radius 3 is 2.37 bits per heavy atom. The van der Waals surface area contributed by atoms with Crippen LogP contribution >= 0.6 is 11.6 Å².